The molecule has 47 heavy (non-hydrogen) atoms. The molecule has 2 aliphatic carbocycles. The summed E-state index contributed by atoms with van der Waals surface area (Å²) >= 11 is 0. The molecule has 4 rings (SSSR count). The van der Waals surface area contributed by atoms with Crippen molar-refractivity contribution in [2.75, 3.05) is 39.3 Å². The molecule has 0 bridgehead atoms. The number of rotatable bonds is 16. The first-order valence-electron chi connectivity index (χ1n) is 17.9. The van der Waals surface area contributed by atoms with Gasteiger partial charge in [-0.3, -0.25) is 29.0 Å². The molecule has 5 amide bonds. The molecule has 3 aliphatic rings. The van der Waals surface area contributed by atoms with Crippen molar-refractivity contribution in [3.63, 3.8) is 0 Å². The van der Waals surface area contributed by atoms with Gasteiger partial charge in [0.2, 0.25) is 23.6 Å². The van der Waals surface area contributed by atoms with E-state index in [1.165, 1.54) is 38.3 Å². The maximum absolute atomic E-state index is 13.2. The van der Waals surface area contributed by atoms with E-state index in [0.29, 0.717) is 31.2 Å². The predicted molar refractivity (Wildman–Crippen MR) is 179 cm³/mol. The Labute approximate surface area is 279 Å². The molecule has 1 saturated heterocycles. The van der Waals surface area contributed by atoms with Crippen LogP contribution in [-0.4, -0.2) is 90.8 Å². The van der Waals surface area contributed by atoms with Crippen LogP contribution in [0.2, 0.25) is 0 Å². The number of likely N-dealkylation sites (tertiary alicyclic amines) is 1. The van der Waals surface area contributed by atoms with Gasteiger partial charge in [-0.05, 0) is 62.7 Å². The first-order chi connectivity index (χ1) is 22.9. The van der Waals surface area contributed by atoms with Gasteiger partial charge in [-0.15, -0.1) is 0 Å². The summed E-state index contributed by atoms with van der Waals surface area (Å²) in [6.07, 6.45) is 17.2. The fraction of sp³-hybridized carbons (Fsp3) is 0.714. The highest BCUT2D eigenvalue weighted by Gasteiger charge is 2.28. The monoisotopic (exact) mass is 653 g/mol. The van der Waals surface area contributed by atoms with Crippen LogP contribution in [-0.2, 0) is 19.2 Å². The van der Waals surface area contributed by atoms with Crippen molar-refractivity contribution < 1.29 is 24.0 Å². The van der Waals surface area contributed by atoms with E-state index >= 15 is 0 Å². The number of amides is 5. The minimum absolute atomic E-state index is 0.184. The van der Waals surface area contributed by atoms with Crippen molar-refractivity contribution in [1.29, 1.82) is 0 Å². The maximum atomic E-state index is 13.2. The molecule has 2 heterocycles. The quantitative estimate of drug-likeness (QED) is 0.183. The van der Waals surface area contributed by atoms with E-state index in [9.17, 15) is 24.0 Å². The number of pyridine rings is 1. The second-order valence-corrected chi connectivity index (χ2v) is 13.5. The summed E-state index contributed by atoms with van der Waals surface area (Å²) < 4.78 is 0. The Bertz CT molecular complexity index is 1150. The second kappa shape index (κ2) is 20.0. The Morgan fingerprint density at radius 1 is 0.681 bits per heavy atom. The van der Waals surface area contributed by atoms with Gasteiger partial charge in [0.05, 0.1) is 13.1 Å². The van der Waals surface area contributed by atoms with Crippen molar-refractivity contribution >= 4 is 29.5 Å². The third-order valence-electron chi connectivity index (χ3n) is 9.80. The van der Waals surface area contributed by atoms with Gasteiger partial charge < -0.3 is 31.5 Å². The molecule has 0 aromatic carbocycles. The molecule has 12 nitrogen and oxygen atoms in total. The number of carbonyl (C=O) groups excluding carboxylic acids is 5. The van der Waals surface area contributed by atoms with Gasteiger partial charge in [-0.2, -0.15) is 0 Å². The number of hydrogen-bond acceptors (Lipinski definition) is 7. The first kappa shape index (κ1) is 36.3. The summed E-state index contributed by atoms with van der Waals surface area (Å²) in [5.41, 5.74) is 0.218. The third kappa shape index (κ3) is 13.2. The molecule has 260 valence electrons. The van der Waals surface area contributed by atoms with Gasteiger partial charge >= 0.3 is 0 Å². The standard InChI is InChI=1S/C35H55N7O5/c43-31(24-39-34(46)30(23-27-14-6-2-7-15-27)41-35(47)28-16-8-9-17-36-28)38-25-32(44)40-29(22-26-12-4-1-5-13-26)33(45)37-18-21-42-19-10-3-11-20-42/h8-9,16-17,26-27,29-30H,1-7,10-15,18-25H2,(H,37,45)(H,38,43)(H,39,46)(H,40,44)(H,41,47)/t29-,30-/m0/s1. The lowest BCUT2D eigenvalue weighted by Gasteiger charge is -2.28. The molecule has 5 N–H and O–H groups in total. The van der Waals surface area contributed by atoms with Crippen LogP contribution in [0.15, 0.2) is 24.4 Å². The SMILES string of the molecule is O=C(CNC(=O)[C@H](CC1CCCCC1)NC(=O)c1ccccn1)NCC(=O)N[C@@H](CC1CCCCC1)C(=O)NCCN1CCCCC1. The summed E-state index contributed by atoms with van der Waals surface area (Å²) in [7, 11) is 0. The van der Waals surface area contributed by atoms with E-state index in [0.717, 1.165) is 71.0 Å². The Hall–Kier alpha value is -3.54. The van der Waals surface area contributed by atoms with Crippen molar-refractivity contribution in [2.24, 2.45) is 11.8 Å². The number of aromatic nitrogens is 1. The molecule has 12 heteroatoms. The van der Waals surface area contributed by atoms with Crippen LogP contribution in [0.3, 0.4) is 0 Å². The molecule has 0 radical (unpaired) electrons. The summed E-state index contributed by atoms with van der Waals surface area (Å²) in [6, 6.07) is 3.54. The number of nitrogens with one attached hydrogen (secondary N) is 5. The van der Waals surface area contributed by atoms with Crippen molar-refractivity contribution in [3.8, 4) is 0 Å². The minimum Gasteiger partial charge on any atom is -0.353 e. The Kier molecular flexibility index (Phi) is 15.4. The second-order valence-electron chi connectivity index (χ2n) is 13.5. The molecule has 3 fully saturated rings. The maximum Gasteiger partial charge on any atom is 0.270 e. The first-order valence-corrected chi connectivity index (χ1v) is 17.9. The highest BCUT2D eigenvalue weighted by atomic mass is 16.2. The van der Waals surface area contributed by atoms with Crippen molar-refractivity contribution in [1.82, 2.24) is 36.5 Å². The molecular formula is C35H55N7O5. The van der Waals surface area contributed by atoms with Crippen LogP contribution in [0, 0.1) is 11.8 Å². The van der Waals surface area contributed by atoms with E-state index in [1.54, 1.807) is 18.2 Å². The molecular weight excluding hydrogens is 598 g/mol. The van der Waals surface area contributed by atoms with Gasteiger partial charge in [0.25, 0.3) is 5.91 Å². The van der Waals surface area contributed by atoms with Crippen LogP contribution in [0.25, 0.3) is 0 Å². The fourth-order valence-electron chi connectivity index (χ4n) is 7.13. The molecule has 2 saturated carbocycles. The minimum atomic E-state index is -0.808. The topological polar surface area (TPSA) is 162 Å². The zero-order valence-electron chi connectivity index (χ0n) is 27.9. The summed E-state index contributed by atoms with van der Waals surface area (Å²) in [4.78, 5) is 71.1. The van der Waals surface area contributed by atoms with Crippen LogP contribution >= 0.6 is 0 Å². The van der Waals surface area contributed by atoms with Gasteiger partial charge in [-0.25, -0.2) is 0 Å². The van der Waals surface area contributed by atoms with Gasteiger partial charge in [0.1, 0.15) is 17.8 Å². The Morgan fingerprint density at radius 3 is 1.87 bits per heavy atom. The van der Waals surface area contributed by atoms with Crippen LogP contribution in [0.4, 0.5) is 0 Å². The zero-order chi connectivity index (χ0) is 33.3. The number of carbonyl (C=O) groups is 5. The highest BCUT2D eigenvalue weighted by molar-refractivity contribution is 5.97. The van der Waals surface area contributed by atoms with E-state index in [2.05, 4.69) is 36.5 Å². The lowest BCUT2D eigenvalue weighted by Crippen LogP contribution is -2.52. The largest absolute Gasteiger partial charge is 0.353 e. The van der Waals surface area contributed by atoms with Crippen LogP contribution in [0.5, 0.6) is 0 Å². The normalized spacial score (nSPS) is 19.1. The van der Waals surface area contributed by atoms with Crippen molar-refractivity contribution in [2.45, 2.75) is 108 Å². The molecule has 2 atom stereocenters. The van der Waals surface area contributed by atoms with E-state index in [4.69, 9.17) is 0 Å². The molecule has 1 aliphatic heterocycles. The summed E-state index contributed by atoms with van der Waals surface area (Å²) in [5.74, 6) is -1.37. The van der Waals surface area contributed by atoms with E-state index in [1.807, 2.05) is 0 Å². The van der Waals surface area contributed by atoms with E-state index < -0.39 is 35.7 Å². The molecule has 0 spiro atoms. The summed E-state index contributed by atoms with van der Waals surface area (Å²) in [6.45, 7) is 2.80. The molecule has 1 aromatic rings. The average molecular weight is 654 g/mol. The zero-order valence-corrected chi connectivity index (χ0v) is 27.9. The van der Waals surface area contributed by atoms with Gasteiger partial charge in [-0.1, -0.05) is 76.7 Å². The smallest absolute Gasteiger partial charge is 0.270 e. The number of nitrogens with zero attached hydrogens (tertiary/aromatic N) is 2. The van der Waals surface area contributed by atoms with Crippen LogP contribution < -0.4 is 26.6 Å². The van der Waals surface area contributed by atoms with E-state index in [-0.39, 0.29) is 24.7 Å². The fourth-order valence-corrected chi connectivity index (χ4v) is 7.13. The lowest BCUT2D eigenvalue weighted by atomic mass is 9.84. The van der Waals surface area contributed by atoms with Crippen molar-refractivity contribution in [3.05, 3.63) is 30.1 Å². The number of piperidine rings is 1. The Morgan fingerprint density at radius 2 is 1.26 bits per heavy atom. The lowest BCUT2D eigenvalue weighted by molar-refractivity contribution is -0.130. The van der Waals surface area contributed by atoms with Gasteiger partial charge in [0, 0.05) is 19.3 Å². The number of hydrogen-bond donors (Lipinski definition) is 5. The predicted octanol–water partition coefficient (Wildman–Crippen LogP) is 2.44. The Balaban J connectivity index is 1.23. The summed E-state index contributed by atoms with van der Waals surface area (Å²) in [5, 5.41) is 13.9. The molecule has 0 unspecified atom stereocenters. The van der Waals surface area contributed by atoms with Crippen LogP contribution in [0.1, 0.15) is 107 Å². The highest BCUT2D eigenvalue weighted by Crippen LogP contribution is 2.28. The molecule has 1 aromatic heterocycles. The van der Waals surface area contributed by atoms with Gasteiger partial charge in [0.15, 0.2) is 0 Å². The average Bonchev–Trinajstić information content (AvgIpc) is 3.10. The third-order valence-corrected chi connectivity index (χ3v) is 9.80.